The molecule has 18 heteroatoms. The molecule has 1 N–H and O–H groups in total. The normalized spacial score (nSPS) is 13.1. The summed E-state index contributed by atoms with van der Waals surface area (Å²) in [5.74, 6) is -0.982. The van der Waals surface area contributed by atoms with Gasteiger partial charge in [-0.3, -0.25) is 14.4 Å². The largest absolute Gasteiger partial charge is 0.481 e. The number of piperazine rings is 1. The lowest BCUT2D eigenvalue weighted by atomic mass is 10.2. The van der Waals surface area contributed by atoms with Gasteiger partial charge in [-0.25, -0.2) is 0 Å². The van der Waals surface area contributed by atoms with Crippen molar-refractivity contribution in [2.45, 2.75) is 25.7 Å². The molecule has 1 saturated heterocycles. The third-order valence-corrected chi connectivity index (χ3v) is 6.60. The Morgan fingerprint density at radius 1 is 0.500 bits per heavy atom. The molecule has 1 fully saturated rings. The molecule has 1 heterocycles. The van der Waals surface area contributed by atoms with Gasteiger partial charge >= 0.3 is 5.97 Å². The van der Waals surface area contributed by atoms with Crippen LogP contribution in [0.25, 0.3) is 10.4 Å². The predicted octanol–water partition coefficient (Wildman–Crippen LogP) is 0.762. The maximum absolute atomic E-state index is 12.4. The fourth-order valence-corrected chi connectivity index (χ4v) is 4.08. The first kappa shape index (κ1) is 43.4. The van der Waals surface area contributed by atoms with Gasteiger partial charge in [0.15, 0.2) is 0 Å². The van der Waals surface area contributed by atoms with Crippen molar-refractivity contribution in [2.75, 3.05) is 152 Å². The number of ether oxygens (including phenoxy) is 9. The molecular weight excluding hydrogens is 638 g/mol. The summed E-state index contributed by atoms with van der Waals surface area (Å²) >= 11 is 0. The molecule has 0 aromatic rings. The smallest absolute Gasteiger partial charge is 0.303 e. The highest BCUT2D eigenvalue weighted by Crippen LogP contribution is 2.08. The Morgan fingerprint density at radius 2 is 0.812 bits per heavy atom. The van der Waals surface area contributed by atoms with Crippen LogP contribution in [0.4, 0.5) is 0 Å². The van der Waals surface area contributed by atoms with Crippen LogP contribution in [0.5, 0.6) is 0 Å². The van der Waals surface area contributed by atoms with E-state index in [4.69, 9.17) is 53.3 Å². The van der Waals surface area contributed by atoms with Crippen molar-refractivity contribution in [3.63, 3.8) is 0 Å². The molecule has 1 rings (SSSR count). The van der Waals surface area contributed by atoms with Gasteiger partial charge in [0.05, 0.1) is 125 Å². The molecule has 0 atom stereocenters. The monoisotopic (exact) mass is 693 g/mol. The molecule has 0 saturated carbocycles. The average molecular weight is 694 g/mol. The highest BCUT2D eigenvalue weighted by Gasteiger charge is 2.23. The number of carboxylic acids is 1. The molecule has 1 aliphatic heterocycles. The van der Waals surface area contributed by atoms with E-state index in [1.165, 1.54) is 0 Å². The van der Waals surface area contributed by atoms with Crippen LogP contribution in [0.1, 0.15) is 25.7 Å². The Balaban J connectivity index is 1.73. The van der Waals surface area contributed by atoms with Crippen LogP contribution in [0.2, 0.25) is 0 Å². The summed E-state index contributed by atoms with van der Waals surface area (Å²) in [6, 6.07) is 0. The van der Waals surface area contributed by atoms with Gasteiger partial charge in [0, 0.05) is 50.5 Å². The first-order valence-corrected chi connectivity index (χ1v) is 16.5. The standard InChI is InChI=1S/C30H55N5O13/c31-33-32-5-11-41-13-15-43-17-19-45-21-23-47-25-27-48-26-24-46-22-20-44-18-16-42-14-12-40-10-4-29(37)35-8-6-34(7-9-35)28(36)2-1-3-30(38)39/h1-27H2,(H,38,39). The zero-order valence-electron chi connectivity index (χ0n) is 28.2. The first-order valence-electron chi connectivity index (χ1n) is 16.5. The molecule has 1 aliphatic rings. The third kappa shape index (κ3) is 27.3. The zero-order valence-corrected chi connectivity index (χ0v) is 28.2. The zero-order chi connectivity index (χ0) is 34.8. The van der Waals surface area contributed by atoms with Gasteiger partial charge in [-0.15, -0.1) is 0 Å². The summed E-state index contributed by atoms with van der Waals surface area (Å²) in [4.78, 5) is 41.1. The number of hydrogen-bond donors (Lipinski definition) is 1. The Bertz CT molecular complexity index is 859. The van der Waals surface area contributed by atoms with Crippen LogP contribution in [0.15, 0.2) is 5.11 Å². The molecule has 18 nitrogen and oxygen atoms in total. The van der Waals surface area contributed by atoms with E-state index in [2.05, 4.69) is 10.0 Å². The second kappa shape index (κ2) is 32.9. The van der Waals surface area contributed by atoms with Crippen LogP contribution < -0.4 is 0 Å². The van der Waals surface area contributed by atoms with Crippen molar-refractivity contribution in [3.8, 4) is 0 Å². The molecule has 0 bridgehead atoms. The summed E-state index contributed by atoms with van der Waals surface area (Å²) in [5.41, 5.74) is 8.14. The number of azide groups is 1. The molecule has 48 heavy (non-hydrogen) atoms. The van der Waals surface area contributed by atoms with E-state index in [9.17, 15) is 14.4 Å². The van der Waals surface area contributed by atoms with Crippen LogP contribution >= 0.6 is 0 Å². The fraction of sp³-hybridized carbons (Fsp3) is 0.900. The summed E-state index contributed by atoms with van der Waals surface area (Å²) in [7, 11) is 0. The summed E-state index contributed by atoms with van der Waals surface area (Å²) in [5, 5.41) is 12.0. The van der Waals surface area contributed by atoms with Crippen molar-refractivity contribution in [1.82, 2.24) is 9.80 Å². The SMILES string of the molecule is [N-]=[N+]=NCCOCCOCCOCCOCCOCCOCCOCCOCCOCCC(=O)N1CCN(C(=O)CCCC(=O)O)CC1. The van der Waals surface area contributed by atoms with E-state index in [0.29, 0.717) is 158 Å². The van der Waals surface area contributed by atoms with E-state index in [1.54, 1.807) is 9.80 Å². The van der Waals surface area contributed by atoms with Crippen molar-refractivity contribution in [2.24, 2.45) is 5.11 Å². The van der Waals surface area contributed by atoms with Crippen molar-refractivity contribution in [1.29, 1.82) is 0 Å². The number of carbonyl (C=O) groups is 3. The molecule has 0 aromatic heterocycles. The van der Waals surface area contributed by atoms with Gasteiger partial charge in [-0.2, -0.15) is 0 Å². The van der Waals surface area contributed by atoms with Crippen molar-refractivity contribution in [3.05, 3.63) is 10.4 Å². The average Bonchev–Trinajstić information content (AvgIpc) is 3.08. The molecule has 0 radical (unpaired) electrons. The van der Waals surface area contributed by atoms with Crippen LogP contribution in [-0.4, -0.2) is 184 Å². The number of rotatable bonds is 34. The number of hydrogen-bond acceptors (Lipinski definition) is 13. The first-order chi connectivity index (χ1) is 23.5. The maximum atomic E-state index is 12.4. The number of nitrogens with zero attached hydrogens (tertiary/aromatic N) is 5. The van der Waals surface area contributed by atoms with Crippen molar-refractivity contribution >= 4 is 17.8 Å². The van der Waals surface area contributed by atoms with Crippen molar-refractivity contribution < 1.29 is 62.1 Å². The van der Waals surface area contributed by atoms with Crippen LogP contribution in [0.3, 0.4) is 0 Å². The third-order valence-electron chi connectivity index (χ3n) is 6.60. The molecular formula is C30H55N5O13. The lowest BCUT2D eigenvalue weighted by molar-refractivity contribution is -0.141. The van der Waals surface area contributed by atoms with E-state index < -0.39 is 5.97 Å². The summed E-state index contributed by atoms with van der Waals surface area (Å²) < 4.78 is 48.7. The van der Waals surface area contributed by atoms with Gasteiger partial charge in [0.2, 0.25) is 11.8 Å². The molecule has 278 valence electrons. The molecule has 2 amide bonds. The number of carbonyl (C=O) groups excluding carboxylic acids is 2. The Morgan fingerprint density at radius 3 is 1.15 bits per heavy atom. The van der Waals surface area contributed by atoms with Gasteiger partial charge in [-0.1, -0.05) is 5.11 Å². The van der Waals surface area contributed by atoms with Gasteiger partial charge in [-0.05, 0) is 12.0 Å². The number of aliphatic carboxylic acids is 1. The fourth-order valence-electron chi connectivity index (χ4n) is 4.08. The van der Waals surface area contributed by atoms with Gasteiger partial charge in [0.25, 0.3) is 0 Å². The van der Waals surface area contributed by atoms with E-state index >= 15 is 0 Å². The van der Waals surface area contributed by atoms with E-state index in [1.807, 2.05) is 0 Å². The van der Waals surface area contributed by atoms with E-state index in [-0.39, 0.29) is 31.1 Å². The second-order valence-electron chi connectivity index (χ2n) is 10.2. The predicted molar refractivity (Wildman–Crippen MR) is 171 cm³/mol. The summed E-state index contributed by atoms with van der Waals surface area (Å²) in [6.07, 6.45) is 0.790. The second-order valence-corrected chi connectivity index (χ2v) is 10.2. The summed E-state index contributed by atoms with van der Waals surface area (Å²) in [6.45, 7) is 10.1. The topological polar surface area (TPSA) is 210 Å². The molecule has 0 spiro atoms. The lowest BCUT2D eigenvalue weighted by Gasteiger charge is -2.35. The van der Waals surface area contributed by atoms with Crippen LogP contribution in [-0.2, 0) is 57.0 Å². The minimum Gasteiger partial charge on any atom is -0.481 e. The highest BCUT2D eigenvalue weighted by atomic mass is 16.6. The van der Waals surface area contributed by atoms with Crippen LogP contribution in [0, 0.1) is 0 Å². The minimum atomic E-state index is -0.906. The van der Waals surface area contributed by atoms with Gasteiger partial charge in [0.1, 0.15) is 0 Å². The Labute approximate surface area is 282 Å². The Hall–Kier alpha value is -2.64. The molecule has 0 aliphatic carbocycles. The van der Waals surface area contributed by atoms with Gasteiger partial charge < -0.3 is 57.5 Å². The molecule has 0 aromatic carbocycles. The Kier molecular flexibility index (Phi) is 29.7. The lowest BCUT2D eigenvalue weighted by Crippen LogP contribution is -2.50. The number of amides is 2. The maximum Gasteiger partial charge on any atom is 0.303 e. The highest BCUT2D eigenvalue weighted by molar-refractivity contribution is 5.79. The molecule has 0 unspecified atom stereocenters. The minimum absolute atomic E-state index is 0.0117. The number of carboxylic acid groups (broad SMARTS) is 1. The quantitative estimate of drug-likeness (QED) is 0.0428. The van der Waals surface area contributed by atoms with E-state index in [0.717, 1.165) is 0 Å².